The Morgan fingerprint density at radius 2 is 1.77 bits per heavy atom. The van der Waals surface area contributed by atoms with E-state index in [1.165, 1.54) is 11.8 Å². The Labute approximate surface area is 139 Å². The van der Waals surface area contributed by atoms with Crippen molar-refractivity contribution >= 4 is 27.7 Å². The highest BCUT2D eigenvalue weighted by Crippen LogP contribution is 2.40. The van der Waals surface area contributed by atoms with Crippen molar-refractivity contribution in [3.63, 3.8) is 0 Å². The van der Waals surface area contributed by atoms with Gasteiger partial charge >= 0.3 is 0 Å². The molecule has 0 unspecified atom stereocenters. The Balaban J connectivity index is 1.96. The van der Waals surface area contributed by atoms with Crippen molar-refractivity contribution in [2.75, 3.05) is 13.2 Å². The third-order valence-electron chi connectivity index (χ3n) is 3.42. The van der Waals surface area contributed by atoms with Gasteiger partial charge in [0.15, 0.2) is 6.29 Å². The average molecular weight is 387 g/mol. The standard InChI is InChI=1S/C16H13BrF2O2S/c1-9-10(16-20-7-8-21-16)3-2-4-13(9)22-15-12(19)6-5-11(18)14(15)17/h2-6,16H,7-8H2,1H3. The fourth-order valence-electron chi connectivity index (χ4n) is 2.25. The largest absolute Gasteiger partial charge is 0.346 e. The lowest BCUT2D eigenvalue weighted by molar-refractivity contribution is -0.0447. The average Bonchev–Trinajstić information content (AvgIpc) is 3.03. The zero-order valence-corrected chi connectivity index (χ0v) is 14.1. The third-order valence-corrected chi connectivity index (χ3v) is 5.72. The lowest BCUT2D eigenvalue weighted by atomic mass is 10.1. The number of halogens is 3. The normalized spacial score (nSPS) is 15.5. The highest BCUT2D eigenvalue weighted by Gasteiger charge is 2.22. The SMILES string of the molecule is Cc1c(Sc2c(F)ccc(F)c2Br)cccc1C1OCCO1. The molecule has 0 aromatic heterocycles. The first-order chi connectivity index (χ1) is 10.6. The van der Waals surface area contributed by atoms with Gasteiger partial charge in [-0.1, -0.05) is 23.9 Å². The summed E-state index contributed by atoms with van der Waals surface area (Å²) in [4.78, 5) is 1.07. The predicted octanol–water partition coefficient (Wildman–Crippen LogP) is 5.23. The molecule has 1 fully saturated rings. The molecule has 0 spiro atoms. The smallest absolute Gasteiger partial charge is 0.184 e. The lowest BCUT2D eigenvalue weighted by Gasteiger charge is -2.16. The Morgan fingerprint density at radius 1 is 1.09 bits per heavy atom. The fraction of sp³-hybridized carbons (Fsp3) is 0.250. The van der Waals surface area contributed by atoms with Crippen LogP contribution in [0.25, 0.3) is 0 Å². The minimum absolute atomic E-state index is 0.135. The van der Waals surface area contributed by atoms with Gasteiger partial charge in [-0.05, 0) is 46.6 Å². The van der Waals surface area contributed by atoms with Crippen molar-refractivity contribution in [2.24, 2.45) is 0 Å². The lowest BCUT2D eigenvalue weighted by Crippen LogP contribution is -2.01. The molecular formula is C16H13BrF2O2S. The van der Waals surface area contributed by atoms with E-state index in [-0.39, 0.29) is 15.7 Å². The third kappa shape index (κ3) is 3.06. The summed E-state index contributed by atoms with van der Waals surface area (Å²) in [5.41, 5.74) is 1.85. The van der Waals surface area contributed by atoms with Crippen LogP contribution in [0.4, 0.5) is 8.78 Å². The van der Waals surface area contributed by atoms with Crippen LogP contribution >= 0.6 is 27.7 Å². The maximum absolute atomic E-state index is 14.0. The van der Waals surface area contributed by atoms with Crippen LogP contribution in [0, 0.1) is 18.6 Å². The number of hydrogen-bond donors (Lipinski definition) is 0. The second kappa shape index (κ2) is 6.66. The molecule has 0 radical (unpaired) electrons. The quantitative estimate of drug-likeness (QED) is 0.672. The van der Waals surface area contributed by atoms with Gasteiger partial charge in [-0.25, -0.2) is 8.78 Å². The monoisotopic (exact) mass is 386 g/mol. The van der Waals surface area contributed by atoms with Gasteiger partial charge in [0.25, 0.3) is 0 Å². The van der Waals surface area contributed by atoms with Gasteiger partial charge in [0.05, 0.1) is 22.6 Å². The van der Waals surface area contributed by atoms with Crippen LogP contribution in [0.2, 0.25) is 0 Å². The number of hydrogen-bond acceptors (Lipinski definition) is 3. The Hall–Kier alpha value is -0.950. The van der Waals surface area contributed by atoms with Gasteiger partial charge in [0.1, 0.15) is 11.6 Å². The molecule has 0 saturated carbocycles. The number of benzene rings is 2. The van der Waals surface area contributed by atoms with Crippen LogP contribution in [-0.2, 0) is 9.47 Å². The minimum atomic E-state index is -0.486. The first-order valence-electron chi connectivity index (χ1n) is 6.72. The first-order valence-corrected chi connectivity index (χ1v) is 8.33. The summed E-state index contributed by atoms with van der Waals surface area (Å²) >= 11 is 4.29. The molecule has 0 bridgehead atoms. The first kappa shape index (κ1) is 15.9. The van der Waals surface area contributed by atoms with Crippen molar-refractivity contribution in [3.05, 3.63) is 57.6 Å². The van der Waals surface area contributed by atoms with E-state index >= 15 is 0 Å². The molecule has 0 N–H and O–H groups in total. The molecule has 0 amide bonds. The van der Waals surface area contributed by atoms with Crippen molar-refractivity contribution < 1.29 is 18.3 Å². The van der Waals surface area contributed by atoms with Crippen molar-refractivity contribution in [3.8, 4) is 0 Å². The summed E-state index contributed by atoms with van der Waals surface area (Å²) in [5.74, 6) is -0.948. The van der Waals surface area contributed by atoms with E-state index in [9.17, 15) is 8.78 Å². The van der Waals surface area contributed by atoms with Crippen molar-refractivity contribution in [2.45, 2.75) is 23.0 Å². The van der Waals surface area contributed by atoms with Crippen LogP contribution < -0.4 is 0 Å². The second-order valence-electron chi connectivity index (χ2n) is 4.82. The molecule has 0 atom stereocenters. The summed E-state index contributed by atoms with van der Waals surface area (Å²) in [5, 5.41) is 0. The molecule has 116 valence electrons. The van der Waals surface area contributed by atoms with Gasteiger partial charge in [-0.15, -0.1) is 0 Å². The van der Waals surface area contributed by atoms with Crippen LogP contribution in [0.5, 0.6) is 0 Å². The molecule has 2 nitrogen and oxygen atoms in total. The Kier molecular flexibility index (Phi) is 4.82. The summed E-state index contributed by atoms with van der Waals surface area (Å²) < 4.78 is 38.8. The van der Waals surface area contributed by atoms with Crippen LogP contribution in [0.15, 0.2) is 44.6 Å². The van der Waals surface area contributed by atoms with E-state index in [1.807, 2.05) is 25.1 Å². The van der Waals surface area contributed by atoms with Crippen LogP contribution in [0.1, 0.15) is 17.4 Å². The van der Waals surface area contributed by atoms with Gasteiger partial charge in [-0.2, -0.15) is 0 Å². The van der Waals surface area contributed by atoms with E-state index in [1.54, 1.807) is 0 Å². The molecule has 1 heterocycles. The van der Waals surface area contributed by atoms with Gasteiger partial charge in [0.2, 0.25) is 0 Å². The van der Waals surface area contributed by atoms with Crippen LogP contribution in [-0.4, -0.2) is 13.2 Å². The number of rotatable bonds is 3. The fourth-order valence-corrected chi connectivity index (χ4v) is 3.80. The topological polar surface area (TPSA) is 18.5 Å². The van der Waals surface area contributed by atoms with E-state index in [2.05, 4.69) is 15.9 Å². The molecule has 0 aliphatic carbocycles. The summed E-state index contributed by atoms with van der Waals surface area (Å²) in [6.07, 6.45) is -0.388. The predicted molar refractivity (Wildman–Crippen MR) is 84.0 cm³/mol. The summed E-state index contributed by atoms with van der Waals surface area (Å²) in [7, 11) is 0. The highest BCUT2D eigenvalue weighted by molar-refractivity contribution is 9.10. The molecule has 2 aromatic rings. The number of ether oxygens (including phenoxy) is 2. The molecule has 6 heteroatoms. The maximum atomic E-state index is 14.0. The second-order valence-corrected chi connectivity index (χ2v) is 6.66. The van der Waals surface area contributed by atoms with Crippen molar-refractivity contribution in [1.82, 2.24) is 0 Å². The molecular weight excluding hydrogens is 374 g/mol. The molecule has 1 aliphatic heterocycles. The van der Waals surface area contributed by atoms with Crippen molar-refractivity contribution in [1.29, 1.82) is 0 Å². The van der Waals surface area contributed by atoms with Gasteiger partial charge < -0.3 is 9.47 Å². The maximum Gasteiger partial charge on any atom is 0.184 e. The molecule has 3 rings (SSSR count). The van der Waals surface area contributed by atoms with Crippen LogP contribution in [0.3, 0.4) is 0 Å². The zero-order chi connectivity index (χ0) is 15.7. The van der Waals surface area contributed by atoms with E-state index in [0.29, 0.717) is 13.2 Å². The Morgan fingerprint density at radius 3 is 2.50 bits per heavy atom. The zero-order valence-electron chi connectivity index (χ0n) is 11.7. The van der Waals surface area contributed by atoms with E-state index in [4.69, 9.17) is 9.47 Å². The highest BCUT2D eigenvalue weighted by atomic mass is 79.9. The van der Waals surface area contributed by atoms with Gasteiger partial charge in [-0.3, -0.25) is 0 Å². The molecule has 2 aromatic carbocycles. The summed E-state index contributed by atoms with van der Waals surface area (Å²) in [6.45, 7) is 3.05. The Bertz CT molecular complexity index is 703. The van der Waals surface area contributed by atoms with Gasteiger partial charge in [0, 0.05) is 10.5 Å². The molecule has 22 heavy (non-hydrogen) atoms. The van der Waals surface area contributed by atoms with E-state index < -0.39 is 11.6 Å². The minimum Gasteiger partial charge on any atom is -0.346 e. The molecule has 1 aliphatic rings. The van der Waals surface area contributed by atoms with E-state index in [0.717, 1.165) is 28.2 Å². The summed E-state index contributed by atoms with van der Waals surface area (Å²) in [6, 6.07) is 7.89. The molecule has 1 saturated heterocycles.